The molecular weight excluding hydrogens is 246 g/mol. The van der Waals surface area contributed by atoms with Crippen molar-refractivity contribution in [2.24, 2.45) is 5.41 Å². The van der Waals surface area contributed by atoms with Crippen molar-refractivity contribution in [2.45, 2.75) is 58.4 Å². The largest absolute Gasteiger partial charge is 0.497 e. The van der Waals surface area contributed by atoms with E-state index in [0.717, 1.165) is 12.2 Å². The summed E-state index contributed by atoms with van der Waals surface area (Å²) in [6, 6.07) is 9.05. The zero-order valence-corrected chi connectivity index (χ0v) is 13.2. The van der Waals surface area contributed by atoms with E-state index in [0.29, 0.717) is 11.5 Å². The van der Waals surface area contributed by atoms with E-state index in [1.807, 2.05) is 12.1 Å². The SMILES string of the molecule is CCCC1(CNC(C)CCc2ccc(OC)cc2)CC1. The fraction of sp³-hybridized carbons (Fsp3) is 0.667. The Morgan fingerprint density at radius 1 is 1.25 bits per heavy atom. The molecule has 1 aromatic carbocycles. The Kier molecular flexibility index (Phi) is 5.47. The van der Waals surface area contributed by atoms with Crippen molar-refractivity contribution in [1.29, 1.82) is 0 Å². The van der Waals surface area contributed by atoms with Crippen LogP contribution in [0.1, 0.15) is 51.5 Å². The number of aryl methyl sites for hydroxylation is 1. The Balaban J connectivity index is 1.68. The lowest BCUT2D eigenvalue weighted by Crippen LogP contribution is -2.32. The van der Waals surface area contributed by atoms with Gasteiger partial charge in [-0.25, -0.2) is 0 Å². The lowest BCUT2D eigenvalue weighted by Gasteiger charge is -2.19. The van der Waals surface area contributed by atoms with Crippen molar-refractivity contribution < 1.29 is 4.74 Å². The van der Waals surface area contributed by atoms with Gasteiger partial charge in [0.1, 0.15) is 5.75 Å². The highest BCUT2D eigenvalue weighted by Gasteiger charge is 2.40. The van der Waals surface area contributed by atoms with Crippen LogP contribution in [0.3, 0.4) is 0 Å². The summed E-state index contributed by atoms with van der Waals surface area (Å²) in [6.45, 7) is 5.82. The lowest BCUT2D eigenvalue weighted by molar-refractivity contribution is 0.385. The van der Waals surface area contributed by atoms with Crippen LogP contribution in [-0.2, 0) is 6.42 Å². The van der Waals surface area contributed by atoms with Gasteiger partial charge in [0.05, 0.1) is 7.11 Å². The number of methoxy groups -OCH3 is 1. The van der Waals surface area contributed by atoms with Gasteiger partial charge < -0.3 is 10.1 Å². The Bertz CT molecular complexity index is 394. The number of hydrogen-bond acceptors (Lipinski definition) is 2. The van der Waals surface area contributed by atoms with E-state index < -0.39 is 0 Å². The highest BCUT2D eigenvalue weighted by Crippen LogP contribution is 2.49. The second-order valence-corrected chi connectivity index (χ2v) is 6.42. The van der Waals surface area contributed by atoms with Crippen molar-refractivity contribution in [3.63, 3.8) is 0 Å². The number of ether oxygens (including phenoxy) is 1. The van der Waals surface area contributed by atoms with Crippen LogP contribution in [0.25, 0.3) is 0 Å². The maximum atomic E-state index is 5.19. The summed E-state index contributed by atoms with van der Waals surface area (Å²) in [5, 5.41) is 3.74. The summed E-state index contributed by atoms with van der Waals surface area (Å²) in [5.41, 5.74) is 2.05. The maximum absolute atomic E-state index is 5.19. The van der Waals surface area contributed by atoms with Crippen LogP contribution in [0.2, 0.25) is 0 Å². The molecule has 0 bridgehead atoms. The third-order valence-electron chi connectivity index (χ3n) is 4.59. The molecule has 1 N–H and O–H groups in total. The van der Waals surface area contributed by atoms with Crippen LogP contribution in [0.15, 0.2) is 24.3 Å². The minimum atomic E-state index is 0.603. The molecule has 0 saturated heterocycles. The Labute approximate surface area is 123 Å². The van der Waals surface area contributed by atoms with Gasteiger partial charge in [-0.15, -0.1) is 0 Å². The van der Waals surface area contributed by atoms with Crippen LogP contribution in [-0.4, -0.2) is 19.7 Å². The molecule has 0 amide bonds. The predicted octanol–water partition coefficient (Wildman–Crippen LogP) is 4.19. The summed E-state index contributed by atoms with van der Waals surface area (Å²) >= 11 is 0. The van der Waals surface area contributed by atoms with E-state index in [4.69, 9.17) is 4.74 Å². The van der Waals surface area contributed by atoms with Crippen LogP contribution < -0.4 is 10.1 Å². The van der Waals surface area contributed by atoms with Crippen molar-refractivity contribution in [2.75, 3.05) is 13.7 Å². The smallest absolute Gasteiger partial charge is 0.118 e. The van der Waals surface area contributed by atoms with Gasteiger partial charge in [0.25, 0.3) is 0 Å². The monoisotopic (exact) mass is 275 g/mol. The summed E-state index contributed by atoms with van der Waals surface area (Å²) in [6.07, 6.45) is 7.92. The minimum absolute atomic E-state index is 0.603. The molecule has 1 atom stereocenters. The van der Waals surface area contributed by atoms with Crippen LogP contribution >= 0.6 is 0 Å². The highest BCUT2D eigenvalue weighted by molar-refractivity contribution is 5.27. The van der Waals surface area contributed by atoms with Gasteiger partial charge in [0.15, 0.2) is 0 Å². The van der Waals surface area contributed by atoms with Crippen LogP contribution in [0.5, 0.6) is 5.75 Å². The standard InChI is InChI=1S/C18H29NO/c1-4-11-18(12-13-18)14-19-15(2)5-6-16-7-9-17(20-3)10-8-16/h7-10,15,19H,4-6,11-14H2,1-3H3. The molecule has 112 valence electrons. The molecule has 2 nitrogen and oxygen atoms in total. The van der Waals surface area contributed by atoms with Gasteiger partial charge in [-0.2, -0.15) is 0 Å². The third kappa shape index (κ3) is 4.52. The Morgan fingerprint density at radius 2 is 1.95 bits per heavy atom. The average Bonchev–Trinajstić information content (AvgIpc) is 3.24. The van der Waals surface area contributed by atoms with Crippen LogP contribution in [0.4, 0.5) is 0 Å². The first kappa shape index (κ1) is 15.4. The fourth-order valence-electron chi connectivity index (χ4n) is 2.89. The maximum Gasteiger partial charge on any atom is 0.118 e. The van der Waals surface area contributed by atoms with Crippen LogP contribution in [0, 0.1) is 5.41 Å². The molecule has 0 heterocycles. The molecule has 1 aromatic rings. The quantitative estimate of drug-likeness (QED) is 0.730. The van der Waals surface area contributed by atoms with E-state index in [1.54, 1.807) is 7.11 Å². The summed E-state index contributed by atoms with van der Waals surface area (Å²) in [7, 11) is 1.71. The first-order valence-electron chi connectivity index (χ1n) is 8.04. The molecule has 2 rings (SSSR count). The van der Waals surface area contributed by atoms with Gasteiger partial charge in [0.2, 0.25) is 0 Å². The van der Waals surface area contributed by atoms with Crippen molar-refractivity contribution in [1.82, 2.24) is 5.32 Å². The average molecular weight is 275 g/mol. The topological polar surface area (TPSA) is 21.3 Å². The Hall–Kier alpha value is -1.02. The summed E-state index contributed by atoms with van der Waals surface area (Å²) in [5.74, 6) is 0.940. The van der Waals surface area contributed by atoms with E-state index in [-0.39, 0.29) is 0 Å². The molecule has 2 heteroatoms. The second kappa shape index (κ2) is 7.12. The number of hydrogen-bond donors (Lipinski definition) is 1. The summed E-state index contributed by atoms with van der Waals surface area (Å²) < 4.78 is 5.19. The van der Waals surface area contributed by atoms with Gasteiger partial charge >= 0.3 is 0 Å². The molecule has 1 aliphatic rings. The van der Waals surface area contributed by atoms with Gasteiger partial charge in [0, 0.05) is 12.6 Å². The van der Waals surface area contributed by atoms with Crippen molar-refractivity contribution in [3.05, 3.63) is 29.8 Å². The molecule has 1 aliphatic carbocycles. The first-order chi connectivity index (χ1) is 9.67. The number of nitrogens with one attached hydrogen (secondary N) is 1. The summed E-state index contributed by atoms with van der Waals surface area (Å²) in [4.78, 5) is 0. The van der Waals surface area contributed by atoms with Gasteiger partial charge in [-0.05, 0) is 62.1 Å². The zero-order chi connectivity index (χ0) is 14.4. The van der Waals surface area contributed by atoms with E-state index in [2.05, 4.69) is 31.3 Å². The second-order valence-electron chi connectivity index (χ2n) is 6.42. The van der Waals surface area contributed by atoms with Crippen molar-refractivity contribution in [3.8, 4) is 5.75 Å². The molecule has 1 saturated carbocycles. The molecule has 1 unspecified atom stereocenters. The first-order valence-corrected chi connectivity index (χ1v) is 8.04. The molecule has 0 spiro atoms. The zero-order valence-electron chi connectivity index (χ0n) is 13.2. The Morgan fingerprint density at radius 3 is 2.50 bits per heavy atom. The third-order valence-corrected chi connectivity index (χ3v) is 4.59. The molecule has 20 heavy (non-hydrogen) atoms. The normalized spacial score (nSPS) is 17.8. The van der Waals surface area contributed by atoms with E-state index in [9.17, 15) is 0 Å². The molecular formula is C18H29NO. The fourth-order valence-corrected chi connectivity index (χ4v) is 2.89. The van der Waals surface area contributed by atoms with E-state index >= 15 is 0 Å². The van der Waals surface area contributed by atoms with Gasteiger partial charge in [-0.3, -0.25) is 0 Å². The highest BCUT2D eigenvalue weighted by atomic mass is 16.5. The molecule has 0 aromatic heterocycles. The molecule has 1 fully saturated rings. The molecule has 0 aliphatic heterocycles. The molecule has 0 radical (unpaired) electrons. The van der Waals surface area contributed by atoms with Gasteiger partial charge in [-0.1, -0.05) is 25.5 Å². The predicted molar refractivity (Wildman–Crippen MR) is 85.4 cm³/mol. The lowest BCUT2D eigenvalue weighted by atomic mass is 9.99. The number of rotatable bonds is 9. The number of benzene rings is 1. The van der Waals surface area contributed by atoms with Crippen molar-refractivity contribution >= 4 is 0 Å². The van der Waals surface area contributed by atoms with E-state index in [1.165, 1.54) is 44.2 Å². The minimum Gasteiger partial charge on any atom is -0.497 e.